The number of thiophene rings is 1. The minimum Gasteiger partial charge on any atom is -0.376 e. The molecule has 0 bridgehead atoms. The van der Waals surface area contributed by atoms with E-state index in [-0.39, 0.29) is 6.04 Å². The van der Waals surface area contributed by atoms with Crippen molar-refractivity contribution in [2.24, 2.45) is 0 Å². The molecule has 0 aliphatic heterocycles. The number of halogens is 3. The van der Waals surface area contributed by atoms with Gasteiger partial charge in [0.25, 0.3) is 0 Å². The van der Waals surface area contributed by atoms with Crippen molar-refractivity contribution in [1.82, 2.24) is 0 Å². The third-order valence-corrected chi connectivity index (χ3v) is 5.42. The summed E-state index contributed by atoms with van der Waals surface area (Å²) in [5, 5.41) is 6.62. The van der Waals surface area contributed by atoms with Crippen molar-refractivity contribution in [3.8, 4) is 0 Å². The SMILES string of the molecule is CCC(Nc1ccc(Br)c(Cl)c1Cl)c1cccs1. The number of rotatable bonds is 4. The standard InChI is InChI=1S/C13H12BrCl2NS/c1-2-9(11-4-3-7-18-11)17-10-6-5-8(14)12(15)13(10)16/h3-7,9,17H,2H2,1H3. The van der Waals surface area contributed by atoms with Crippen LogP contribution in [0.3, 0.4) is 0 Å². The first kappa shape index (κ1) is 14.2. The van der Waals surface area contributed by atoms with Gasteiger partial charge in [-0.05, 0) is 45.9 Å². The van der Waals surface area contributed by atoms with Crippen LogP contribution in [0.2, 0.25) is 10.0 Å². The Balaban J connectivity index is 2.26. The van der Waals surface area contributed by atoms with Crippen molar-refractivity contribution in [2.45, 2.75) is 19.4 Å². The molecule has 0 saturated heterocycles. The Kier molecular flexibility index (Phi) is 4.96. The summed E-state index contributed by atoms with van der Waals surface area (Å²) in [6, 6.07) is 8.28. The molecule has 1 atom stereocenters. The topological polar surface area (TPSA) is 12.0 Å². The van der Waals surface area contributed by atoms with Gasteiger partial charge >= 0.3 is 0 Å². The molecule has 1 aromatic heterocycles. The van der Waals surface area contributed by atoms with Crippen LogP contribution in [0, 0.1) is 0 Å². The van der Waals surface area contributed by atoms with Crippen molar-refractivity contribution >= 4 is 56.2 Å². The number of anilines is 1. The van der Waals surface area contributed by atoms with Gasteiger partial charge in [-0.3, -0.25) is 0 Å². The van der Waals surface area contributed by atoms with E-state index in [9.17, 15) is 0 Å². The van der Waals surface area contributed by atoms with Crippen molar-refractivity contribution < 1.29 is 0 Å². The first-order valence-corrected chi connectivity index (χ1v) is 7.99. The molecule has 1 heterocycles. The Morgan fingerprint density at radius 1 is 1.28 bits per heavy atom. The molecule has 18 heavy (non-hydrogen) atoms. The molecular formula is C13H12BrCl2NS. The lowest BCUT2D eigenvalue weighted by atomic mass is 10.1. The molecule has 0 spiro atoms. The van der Waals surface area contributed by atoms with Gasteiger partial charge in [-0.1, -0.05) is 36.2 Å². The average Bonchev–Trinajstić information content (AvgIpc) is 2.89. The van der Waals surface area contributed by atoms with Crippen LogP contribution in [0.1, 0.15) is 24.3 Å². The third-order valence-electron chi connectivity index (χ3n) is 2.66. The first-order valence-electron chi connectivity index (χ1n) is 5.57. The summed E-state index contributed by atoms with van der Waals surface area (Å²) in [5.41, 5.74) is 0.866. The molecule has 96 valence electrons. The maximum atomic E-state index is 6.24. The van der Waals surface area contributed by atoms with Gasteiger partial charge < -0.3 is 5.32 Å². The molecule has 0 fully saturated rings. The van der Waals surface area contributed by atoms with Crippen molar-refractivity contribution in [2.75, 3.05) is 5.32 Å². The highest BCUT2D eigenvalue weighted by Crippen LogP contribution is 2.38. The van der Waals surface area contributed by atoms with E-state index >= 15 is 0 Å². The third kappa shape index (κ3) is 3.02. The molecule has 1 nitrogen and oxygen atoms in total. The summed E-state index contributed by atoms with van der Waals surface area (Å²) in [4.78, 5) is 1.30. The van der Waals surface area contributed by atoms with Crippen LogP contribution < -0.4 is 5.32 Å². The largest absolute Gasteiger partial charge is 0.376 e. The van der Waals surface area contributed by atoms with Gasteiger partial charge in [0.1, 0.15) is 0 Å². The lowest BCUT2D eigenvalue weighted by molar-refractivity contribution is 0.764. The second-order valence-electron chi connectivity index (χ2n) is 3.84. The van der Waals surface area contributed by atoms with Crippen LogP contribution in [-0.2, 0) is 0 Å². The highest BCUT2D eigenvalue weighted by atomic mass is 79.9. The zero-order chi connectivity index (χ0) is 13.1. The zero-order valence-electron chi connectivity index (χ0n) is 9.71. The highest BCUT2D eigenvalue weighted by molar-refractivity contribution is 9.10. The molecule has 5 heteroatoms. The molecule has 1 unspecified atom stereocenters. The van der Waals surface area contributed by atoms with E-state index in [1.165, 1.54) is 4.88 Å². The molecule has 0 saturated carbocycles. The second-order valence-corrected chi connectivity index (χ2v) is 6.43. The maximum absolute atomic E-state index is 6.24. The fourth-order valence-corrected chi connectivity index (χ4v) is 3.38. The van der Waals surface area contributed by atoms with Crippen LogP contribution in [0.4, 0.5) is 5.69 Å². The summed E-state index contributed by atoms with van der Waals surface area (Å²) in [7, 11) is 0. The molecule has 0 radical (unpaired) electrons. The van der Waals surface area contributed by atoms with Crippen molar-refractivity contribution in [3.05, 3.63) is 49.0 Å². The van der Waals surface area contributed by atoms with E-state index in [1.54, 1.807) is 11.3 Å². The normalized spacial score (nSPS) is 12.4. The van der Waals surface area contributed by atoms with E-state index < -0.39 is 0 Å². The van der Waals surface area contributed by atoms with Crippen LogP contribution >= 0.6 is 50.5 Å². The Hall–Kier alpha value is -0.220. The Labute approximate surface area is 129 Å². The van der Waals surface area contributed by atoms with Gasteiger partial charge in [0.2, 0.25) is 0 Å². The summed E-state index contributed by atoms with van der Waals surface area (Å²) >= 11 is 17.5. The Morgan fingerprint density at radius 3 is 2.67 bits per heavy atom. The van der Waals surface area contributed by atoms with Crippen LogP contribution in [0.25, 0.3) is 0 Å². The summed E-state index contributed by atoms with van der Waals surface area (Å²) in [5.74, 6) is 0. The monoisotopic (exact) mass is 363 g/mol. The van der Waals surface area contributed by atoms with Gasteiger partial charge in [0.05, 0.1) is 21.8 Å². The fourth-order valence-electron chi connectivity index (χ4n) is 1.69. The van der Waals surface area contributed by atoms with Crippen molar-refractivity contribution in [3.63, 3.8) is 0 Å². The van der Waals surface area contributed by atoms with Crippen molar-refractivity contribution in [1.29, 1.82) is 0 Å². The second kappa shape index (κ2) is 6.29. The summed E-state index contributed by atoms with van der Waals surface area (Å²) in [6.45, 7) is 2.14. The molecule has 1 aromatic carbocycles. The van der Waals surface area contributed by atoms with Gasteiger partial charge in [-0.2, -0.15) is 0 Å². The minimum absolute atomic E-state index is 0.264. The average molecular weight is 365 g/mol. The number of nitrogens with one attached hydrogen (secondary N) is 1. The maximum Gasteiger partial charge on any atom is 0.0835 e. The molecule has 2 aromatic rings. The van der Waals surface area contributed by atoms with E-state index in [0.717, 1.165) is 16.6 Å². The van der Waals surface area contributed by atoms with Crippen LogP contribution in [-0.4, -0.2) is 0 Å². The summed E-state index contributed by atoms with van der Waals surface area (Å²) < 4.78 is 0.809. The van der Waals surface area contributed by atoms with Gasteiger partial charge in [0.15, 0.2) is 0 Å². The highest BCUT2D eigenvalue weighted by Gasteiger charge is 2.14. The first-order chi connectivity index (χ1) is 8.63. The smallest absolute Gasteiger partial charge is 0.0835 e. The molecular weight excluding hydrogens is 353 g/mol. The molecule has 2 rings (SSSR count). The molecule has 0 amide bonds. The Morgan fingerprint density at radius 2 is 2.06 bits per heavy atom. The van der Waals surface area contributed by atoms with Gasteiger partial charge in [0, 0.05) is 9.35 Å². The molecule has 0 aliphatic rings. The van der Waals surface area contributed by atoms with E-state index in [4.69, 9.17) is 23.2 Å². The quantitative estimate of drug-likeness (QED) is 0.620. The van der Waals surface area contributed by atoms with Gasteiger partial charge in [-0.15, -0.1) is 11.3 Å². The van der Waals surface area contributed by atoms with E-state index in [1.807, 2.05) is 12.1 Å². The van der Waals surface area contributed by atoms with Gasteiger partial charge in [-0.25, -0.2) is 0 Å². The molecule has 0 aliphatic carbocycles. The number of benzene rings is 1. The lowest BCUT2D eigenvalue weighted by Crippen LogP contribution is -2.08. The summed E-state index contributed by atoms with van der Waals surface area (Å²) in [6.07, 6.45) is 0.991. The predicted octanol–water partition coefficient (Wildman–Crippen LogP) is 6.38. The van der Waals surface area contributed by atoms with E-state index in [0.29, 0.717) is 10.0 Å². The number of hydrogen-bond donors (Lipinski definition) is 1. The Bertz CT molecular complexity index is 528. The molecule has 1 N–H and O–H groups in total. The lowest BCUT2D eigenvalue weighted by Gasteiger charge is -2.18. The zero-order valence-corrected chi connectivity index (χ0v) is 13.6. The predicted molar refractivity (Wildman–Crippen MR) is 85.1 cm³/mol. The minimum atomic E-state index is 0.264. The number of hydrogen-bond acceptors (Lipinski definition) is 2. The van der Waals surface area contributed by atoms with Crippen LogP contribution in [0.5, 0.6) is 0 Å². The van der Waals surface area contributed by atoms with E-state index in [2.05, 4.69) is 45.7 Å². The van der Waals surface area contributed by atoms with Crippen LogP contribution in [0.15, 0.2) is 34.1 Å². The fraction of sp³-hybridized carbons (Fsp3) is 0.231.